The Morgan fingerprint density at radius 3 is 2.62 bits per heavy atom. The summed E-state index contributed by atoms with van der Waals surface area (Å²) in [5.74, 6) is 1.44. The molecule has 24 heavy (non-hydrogen) atoms. The third-order valence-corrected chi connectivity index (χ3v) is 3.37. The van der Waals surface area contributed by atoms with E-state index in [4.69, 9.17) is 9.47 Å². The van der Waals surface area contributed by atoms with Gasteiger partial charge in [-0.2, -0.15) is 0 Å². The lowest BCUT2D eigenvalue weighted by atomic mass is 10.2. The molecule has 2 N–H and O–H groups in total. The van der Waals surface area contributed by atoms with E-state index in [-0.39, 0.29) is 5.91 Å². The van der Waals surface area contributed by atoms with Crippen LogP contribution in [0.4, 0.5) is 11.4 Å². The number of anilines is 2. The number of carbonyl (C=O) groups is 1. The molecule has 2 rings (SSSR count). The number of hydrogen-bond donors (Lipinski definition) is 2. The Bertz CT molecular complexity index is 702. The van der Waals surface area contributed by atoms with Crippen LogP contribution >= 0.6 is 0 Å². The maximum absolute atomic E-state index is 12.5. The van der Waals surface area contributed by atoms with Gasteiger partial charge in [-0.25, -0.2) is 0 Å². The number of hydrogen-bond acceptors (Lipinski definition) is 5. The predicted molar refractivity (Wildman–Crippen MR) is 95.1 cm³/mol. The minimum absolute atomic E-state index is 0.262. The second-order valence-corrected chi connectivity index (χ2v) is 5.76. The lowest BCUT2D eigenvalue weighted by Gasteiger charge is -2.13. The Balaban J connectivity index is 2.16. The van der Waals surface area contributed by atoms with Gasteiger partial charge in [0.1, 0.15) is 11.5 Å². The van der Waals surface area contributed by atoms with Crippen LogP contribution in [0.3, 0.4) is 0 Å². The first-order chi connectivity index (χ1) is 11.5. The van der Waals surface area contributed by atoms with Crippen molar-refractivity contribution in [1.29, 1.82) is 0 Å². The molecule has 0 aliphatic carbocycles. The molecule has 0 fully saturated rings. The molecule has 0 unspecified atom stereocenters. The smallest absolute Gasteiger partial charge is 0.257 e. The number of nitrogens with one attached hydrogen (secondary N) is 2. The summed E-state index contributed by atoms with van der Waals surface area (Å²) in [6, 6.07) is 7.00. The third kappa shape index (κ3) is 4.62. The molecule has 128 valence electrons. The van der Waals surface area contributed by atoms with E-state index < -0.39 is 0 Å². The van der Waals surface area contributed by atoms with Crippen molar-refractivity contribution in [2.75, 3.05) is 31.4 Å². The molecule has 0 saturated heterocycles. The number of methoxy groups -OCH3 is 2. The fourth-order valence-electron chi connectivity index (χ4n) is 2.09. The molecule has 0 saturated carbocycles. The van der Waals surface area contributed by atoms with E-state index in [1.54, 1.807) is 44.7 Å². The van der Waals surface area contributed by atoms with Gasteiger partial charge >= 0.3 is 0 Å². The van der Waals surface area contributed by atoms with Gasteiger partial charge in [-0.1, -0.05) is 13.8 Å². The Kier molecular flexibility index (Phi) is 6.01. The van der Waals surface area contributed by atoms with Crippen molar-refractivity contribution in [2.24, 2.45) is 5.92 Å². The molecule has 1 heterocycles. The van der Waals surface area contributed by atoms with Crippen molar-refractivity contribution in [1.82, 2.24) is 4.98 Å². The first-order valence-electron chi connectivity index (χ1n) is 7.75. The second kappa shape index (κ2) is 8.19. The minimum atomic E-state index is -0.262. The summed E-state index contributed by atoms with van der Waals surface area (Å²) in [6.45, 7) is 5.05. The van der Waals surface area contributed by atoms with Crippen LogP contribution in [0.1, 0.15) is 24.2 Å². The van der Waals surface area contributed by atoms with Crippen molar-refractivity contribution in [3.63, 3.8) is 0 Å². The molecule has 1 aromatic carbocycles. The minimum Gasteiger partial charge on any atom is -0.497 e. The highest BCUT2D eigenvalue weighted by atomic mass is 16.5. The third-order valence-electron chi connectivity index (χ3n) is 3.37. The quantitative estimate of drug-likeness (QED) is 0.814. The molecule has 0 bridgehead atoms. The molecular formula is C18H23N3O3. The first-order valence-corrected chi connectivity index (χ1v) is 7.75. The van der Waals surface area contributed by atoms with E-state index in [1.807, 2.05) is 0 Å². The van der Waals surface area contributed by atoms with Crippen molar-refractivity contribution in [3.8, 4) is 11.5 Å². The molecule has 0 aliphatic heterocycles. The van der Waals surface area contributed by atoms with Crippen LogP contribution < -0.4 is 20.1 Å². The zero-order valence-electron chi connectivity index (χ0n) is 14.4. The van der Waals surface area contributed by atoms with E-state index >= 15 is 0 Å². The Labute approximate surface area is 142 Å². The topological polar surface area (TPSA) is 72.5 Å². The van der Waals surface area contributed by atoms with E-state index in [0.29, 0.717) is 28.7 Å². The van der Waals surface area contributed by atoms with E-state index in [0.717, 1.165) is 12.2 Å². The highest BCUT2D eigenvalue weighted by molar-refractivity contribution is 6.05. The molecule has 0 spiro atoms. The maximum Gasteiger partial charge on any atom is 0.257 e. The van der Waals surface area contributed by atoms with Crippen LogP contribution in [0, 0.1) is 5.92 Å². The number of nitrogens with zero attached hydrogens (tertiary/aromatic N) is 1. The van der Waals surface area contributed by atoms with E-state index in [9.17, 15) is 4.79 Å². The monoisotopic (exact) mass is 329 g/mol. The average molecular weight is 329 g/mol. The summed E-state index contributed by atoms with van der Waals surface area (Å²) < 4.78 is 10.5. The molecule has 0 atom stereocenters. The molecule has 6 nitrogen and oxygen atoms in total. The molecular weight excluding hydrogens is 306 g/mol. The second-order valence-electron chi connectivity index (χ2n) is 5.76. The van der Waals surface area contributed by atoms with Crippen molar-refractivity contribution in [2.45, 2.75) is 13.8 Å². The van der Waals surface area contributed by atoms with Gasteiger partial charge in [0.15, 0.2) is 0 Å². The van der Waals surface area contributed by atoms with Gasteiger partial charge in [-0.3, -0.25) is 9.78 Å². The largest absolute Gasteiger partial charge is 0.497 e. The normalized spacial score (nSPS) is 10.4. The van der Waals surface area contributed by atoms with Gasteiger partial charge in [0.05, 0.1) is 31.2 Å². The predicted octanol–water partition coefficient (Wildman–Crippen LogP) is 3.42. The number of rotatable bonds is 7. The number of amides is 1. The van der Waals surface area contributed by atoms with E-state index in [2.05, 4.69) is 29.5 Å². The zero-order chi connectivity index (χ0) is 17.5. The van der Waals surface area contributed by atoms with Crippen LogP contribution in [0.25, 0.3) is 0 Å². The molecule has 1 aromatic heterocycles. The highest BCUT2D eigenvalue weighted by Gasteiger charge is 2.12. The number of benzene rings is 1. The summed E-state index contributed by atoms with van der Waals surface area (Å²) in [5.41, 5.74) is 1.82. The molecule has 6 heteroatoms. The summed E-state index contributed by atoms with van der Waals surface area (Å²) in [4.78, 5) is 16.6. The molecule has 0 radical (unpaired) electrons. The lowest BCUT2D eigenvalue weighted by Crippen LogP contribution is -2.14. The summed E-state index contributed by atoms with van der Waals surface area (Å²) in [6.07, 6.45) is 3.23. The zero-order valence-corrected chi connectivity index (χ0v) is 14.4. The first kappa shape index (κ1) is 17.6. The Hall–Kier alpha value is -2.76. The molecule has 1 amide bonds. The fraction of sp³-hybridized carbons (Fsp3) is 0.333. The van der Waals surface area contributed by atoms with E-state index in [1.165, 1.54) is 6.20 Å². The number of pyridine rings is 1. The SMILES string of the molecule is COc1ccc(OC)c(NC(=O)c2cncc(NCC(C)C)c2)c1. The summed E-state index contributed by atoms with van der Waals surface area (Å²) >= 11 is 0. The molecule has 0 aliphatic rings. The average Bonchev–Trinajstić information content (AvgIpc) is 2.60. The van der Waals surface area contributed by atoms with Gasteiger partial charge in [-0.05, 0) is 24.1 Å². The van der Waals surface area contributed by atoms with Gasteiger partial charge in [0.2, 0.25) is 0 Å². The fourth-order valence-corrected chi connectivity index (χ4v) is 2.09. The Morgan fingerprint density at radius 2 is 1.96 bits per heavy atom. The van der Waals surface area contributed by atoms with Crippen LogP contribution in [0.15, 0.2) is 36.7 Å². The lowest BCUT2D eigenvalue weighted by molar-refractivity contribution is 0.102. The van der Waals surface area contributed by atoms with Crippen molar-refractivity contribution in [3.05, 3.63) is 42.2 Å². The van der Waals surface area contributed by atoms with Gasteiger partial charge in [0.25, 0.3) is 5.91 Å². The van der Waals surface area contributed by atoms with Crippen LogP contribution in [0.5, 0.6) is 11.5 Å². The van der Waals surface area contributed by atoms with Crippen LogP contribution in [0.2, 0.25) is 0 Å². The highest BCUT2D eigenvalue weighted by Crippen LogP contribution is 2.29. The summed E-state index contributed by atoms with van der Waals surface area (Å²) in [5, 5.41) is 6.09. The maximum atomic E-state index is 12.5. The van der Waals surface area contributed by atoms with Crippen LogP contribution in [-0.4, -0.2) is 31.7 Å². The summed E-state index contributed by atoms with van der Waals surface area (Å²) in [7, 11) is 3.12. The van der Waals surface area contributed by atoms with Gasteiger partial charge in [0, 0.05) is 25.0 Å². The van der Waals surface area contributed by atoms with Gasteiger partial charge < -0.3 is 20.1 Å². The van der Waals surface area contributed by atoms with Crippen LogP contribution in [-0.2, 0) is 0 Å². The van der Waals surface area contributed by atoms with Gasteiger partial charge in [-0.15, -0.1) is 0 Å². The number of aromatic nitrogens is 1. The van der Waals surface area contributed by atoms with Crippen molar-refractivity contribution < 1.29 is 14.3 Å². The van der Waals surface area contributed by atoms with Crippen molar-refractivity contribution >= 4 is 17.3 Å². The molecule has 2 aromatic rings. The number of carbonyl (C=O) groups excluding carboxylic acids is 1. The standard InChI is InChI=1S/C18H23N3O3/c1-12(2)9-20-14-7-13(10-19-11-14)18(22)21-16-8-15(23-3)5-6-17(16)24-4/h5-8,10-12,20H,9H2,1-4H3,(H,21,22). The number of ether oxygens (including phenoxy) is 2. The Morgan fingerprint density at radius 1 is 1.17 bits per heavy atom.